The normalized spacial score (nSPS) is 29.4. The molecule has 1 aliphatic rings. The van der Waals surface area contributed by atoms with Crippen LogP contribution in [0, 0.1) is 17.6 Å². The van der Waals surface area contributed by atoms with Gasteiger partial charge < -0.3 is 5.73 Å². The van der Waals surface area contributed by atoms with Crippen LogP contribution in [-0.2, 0) is 5.54 Å². The van der Waals surface area contributed by atoms with Crippen molar-refractivity contribution in [3.05, 3.63) is 33.8 Å². The molecule has 1 aliphatic carbocycles. The summed E-state index contributed by atoms with van der Waals surface area (Å²) in [5, 5.41) is 0. The Morgan fingerprint density at radius 1 is 1.41 bits per heavy atom. The van der Waals surface area contributed by atoms with Crippen molar-refractivity contribution < 1.29 is 8.78 Å². The molecule has 0 saturated heterocycles. The van der Waals surface area contributed by atoms with Crippen LogP contribution in [0.15, 0.2) is 16.6 Å². The number of halogens is 3. The maximum absolute atomic E-state index is 14.1. The molecule has 0 spiro atoms. The summed E-state index contributed by atoms with van der Waals surface area (Å²) in [5.41, 5.74) is 5.42. The molecule has 0 heterocycles. The van der Waals surface area contributed by atoms with Crippen LogP contribution < -0.4 is 5.73 Å². The van der Waals surface area contributed by atoms with E-state index in [1.807, 2.05) is 0 Å². The Balaban J connectivity index is 2.48. The first-order valence-electron chi connectivity index (χ1n) is 5.87. The predicted molar refractivity (Wildman–Crippen MR) is 67.6 cm³/mol. The molecular weight excluding hydrogens is 288 g/mol. The minimum atomic E-state index is -0.865. The van der Waals surface area contributed by atoms with Gasteiger partial charge >= 0.3 is 0 Å². The molecule has 94 valence electrons. The molecule has 2 unspecified atom stereocenters. The minimum Gasteiger partial charge on any atom is -0.321 e. The van der Waals surface area contributed by atoms with E-state index in [4.69, 9.17) is 5.73 Å². The monoisotopic (exact) mass is 303 g/mol. The largest absolute Gasteiger partial charge is 0.321 e. The zero-order valence-electron chi connectivity index (χ0n) is 9.77. The smallest absolute Gasteiger partial charge is 0.145 e. The Labute approximate surface area is 109 Å². The summed E-state index contributed by atoms with van der Waals surface area (Å²) in [4.78, 5) is 0. The maximum Gasteiger partial charge on any atom is 0.145 e. The first-order valence-corrected chi connectivity index (χ1v) is 6.66. The van der Waals surface area contributed by atoms with Crippen LogP contribution in [-0.4, -0.2) is 0 Å². The van der Waals surface area contributed by atoms with Gasteiger partial charge in [-0.2, -0.15) is 0 Å². The fourth-order valence-electron chi connectivity index (χ4n) is 2.80. The standard InChI is InChI=1S/C13H16BrF2N/c1-8-3-2-6-13(17,7-8)11-10(15)5-4-9(14)12(11)16/h4-5,8H,2-3,6-7,17H2,1H3. The molecule has 2 rings (SSSR count). The van der Waals surface area contributed by atoms with E-state index in [2.05, 4.69) is 22.9 Å². The Bertz CT molecular complexity index is 436. The van der Waals surface area contributed by atoms with E-state index in [1.165, 1.54) is 12.1 Å². The van der Waals surface area contributed by atoms with Crippen molar-refractivity contribution in [2.45, 2.75) is 38.1 Å². The highest BCUT2D eigenvalue weighted by atomic mass is 79.9. The summed E-state index contributed by atoms with van der Waals surface area (Å²) in [7, 11) is 0. The zero-order chi connectivity index (χ0) is 12.6. The van der Waals surface area contributed by atoms with Crippen LogP contribution >= 0.6 is 15.9 Å². The van der Waals surface area contributed by atoms with Crippen molar-refractivity contribution in [3.8, 4) is 0 Å². The van der Waals surface area contributed by atoms with Gasteiger partial charge in [0.2, 0.25) is 0 Å². The highest BCUT2D eigenvalue weighted by Crippen LogP contribution is 2.41. The summed E-state index contributed by atoms with van der Waals surface area (Å²) in [6, 6.07) is 2.65. The maximum atomic E-state index is 14.1. The average molecular weight is 304 g/mol. The molecule has 0 radical (unpaired) electrons. The van der Waals surface area contributed by atoms with Crippen LogP contribution in [0.3, 0.4) is 0 Å². The van der Waals surface area contributed by atoms with Crippen LogP contribution in [0.2, 0.25) is 0 Å². The third kappa shape index (κ3) is 2.38. The molecule has 0 aliphatic heterocycles. The molecule has 1 aromatic rings. The highest BCUT2D eigenvalue weighted by molar-refractivity contribution is 9.10. The molecule has 1 nitrogen and oxygen atoms in total. The van der Waals surface area contributed by atoms with Gasteiger partial charge in [0.1, 0.15) is 11.6 Å². The van der Waals surface area contributed by atoms with E-state index < -0.39 is 17.2 Å². The second-order valence-corrected chi connectivity index (χ2v) is 5.93. The molecule has 17 heavy (non-hydrogen) atoms. The van der Waals surface area contributed by atoms with Crippen LogP contribution in [0.4, 0.5) is 8.78 Å². The fraction of sp³-hybridized carbons (Fsp3) is 0.538. The first-order chi connectivity index (χ1) is 7.94. The number of rotatable bonds is 1. The van der Waals surface area contributed by atoms with Crippen molar-refractivity contribution in [1.82, 2.24) is 0 Å². The lowest BCUT2D eigenvalue weighted by Crippen LogP contribution is -2.42. The van der Waals surface area contributed by atoms with Crippen molar-refractivity contribution in [1.29, 1.82) is 0 Å². The van der Waals surface area contributed by atoms with Gasteiger partial charge in [-0.3, -0.25) is 0 Å². The number of nitrogens with two attached hydrogens (primary N) is 1. The van der Waals surface area contributed by atoms with Gasteiger partial charge in [-0.15, -0.1) is 0 Å². The highest BCUT2D eigenvalue weighted by Gasteiger charge is 2.37. The summed E-state index contributed by atoms with van der Waals surface area (Å²) in [5.74, 6) is -0.685. The Morgan fingerprint density at radius 3 is 2.76 bits per heavy atom. The van der Waals surface area contributed by atoms with E-state index in [9.17, 15) is 8.78 Å². The van der Waals surface area contributed by atoms with Crippen molar-refractivity contribution in [2.24, 2.45) is 11.7 Å². The fourth-order valence-corrected chi connectivity index (χ4v) is 3.13. The van der Waals surface area contributed by atoms with Crippen LogP contribution in [0.5, 0.6) is 0 Å². The lowest BCUT2D eigenvalue weighted by Gasteiger charge is -2.37. The number of hydrogen-bond donors (Lipinski definition) is 1. The zero-order valence-corrected chi connectivity index (χ0v) is 11.4. The van der Waals surface area contributed by atoms with Gasteiger partial charge in [0.25, 0.3) is 0 Å². The predicted octanol–water partition coefficient (Wildman–Crippen LogP) is 4.09. The van der Waals surface area contributed by atoms with Crippen LogP contribution in [0.25, 0.3) is 0 Å². The first kappa shape index (κ1) is 13.0. The Kier molecular flexibility index (Phi) is 3.55. The van der Waals surface area contributed by atoms with Gasteiger partial charge in [0, 0.05) is 11.1 Å². The van der Waals surface area contributed by atoms with E-state index in [0.29, 0.717) is 18.8 Å². The number of benzene rings is 1. The molecule has 4 heteroatoms. The molecule has 1 aromatic carbocycles. The minimum absolute atomic E-state index is 0.0402. The summed E-state index contributed by atoms with van der Waals surface area (Å²) in [6.07, 6.45) is 3.28. The lowest BCUT2D eigenvalue weighted by atomic mass is 9.73. The summed E-state index contributed by atoms with van der Waals surface area (Å²) in [6.45, 7) is 2.08. The topological polar surface area (TPSA) is 26.0 Å². The molecular formula is C13H16BrF2N. The Morgan fingerprint density at radius 2 is 2.12 bits per heavy atom. The number of hydrogen-bond acceptors (Lipinski definition) is 1. The lowest BCUT2D eigenvalue weighted by molar-refractivity contribution is 0.226. The molecule has 0 aromatic heterocycles. The third-order valence-electron chi connectivity index (χ3n) is 3.57. The molecule has 2 N–H and O–H groups in total. The second kappa shape index (κ2) is 4.65. The molecule has 1 saturated carbocycles. The summed E-state index contributed by atoms with van der Waals surface area (Å²) < 4.78 is 28.2. The third-order valence-corrected chi connectivity index (χ3v) is 4.19. The second-order valence-electron chi connectivity index (χ2n) is 5.08. The van der Waals surface area contributed by atoms with E-state index >= 15 is 0 Å². The van der Waals surface area contributed by atoms with Crippen molar-refractivity contribution in [3.63, 3.8) is 0 Å². The van der Waals surface area contributed by atoms with Gasteiger partial charge in [-0.05, 0) is 46.8 Å². The van der Waals surface area contributed by atoms with E-state index in [-0.39, 0.29) is 10.0 Å². The van der Waals surface area contributed by atoms with Gasteiger partial charge in [-0.1, -0.05) is 19.8 Å². The van der Waals surface area contributed by atoms with Crippen LogP contribution in [0.1, 0.15) is 38.2 Å². The van der Waals surface area contributed by atoms with E-state index in [0.717, 1.165) is 12.8 Å². The molecule has 0 amide bonds. The van der Waals surface area contributed by atoms with Gasteiger partial charge in [-0.25, -0.2) is 8.78 Å². The van der Waals surface area contributed by atoms with Gasteiger partial charge in [0.05, 0.1) is 4.47 Å². The van der Waals surface area contributed by atoms with Crippen molar-refractivity contribution in [2.75, 3.05) is 0 Å². The summed E-state index contributed by atoms with van der Waals surface area (Å²) >= 11 is 3.09. The SMILES string of the molecule is CC1CCCC(N)(c2c(F)ccc(Br)c2F)C1. The molecule has 1 fully saturated rings. The molecule has 0 bridgehead atoms. The Hall–Kier alpha value is -0.480. The van der Waals surface area contributed by atoms with E-state index in [1.54, 1.807) is 0 Å². The van der Waals surface area contributed by atoms with Crippen molar-refractivity contribution >= 4 is 15.9 Å². The molecule has 2 atom stereocenters. The quantitative estimate of drug-likeness (QED) is 0.777. The van der Waals surface area contributed by atoms with Gasteiger partial charge in [0.15, 0.2) is 0 Å². The average Bonchev–Trinajstić information content (AvgIpc) is 2.23.